The van der Waals surface area contributed by atoms with Crippen molar-refractivity contribution in [2.45, 2.75) is 90.5 Å². The minimum Gasteiger partial charge on any atom is -0.469 e. The molecule has 1 atom stereocenters. The second-order valence-corrected chi connectivity index (χ2v) is 6.16. The summed E-state index contributed by atoms with van der Waals surface area (Å²) in [7, 11) is 0. The first kappa shape index (κ1) is 18.3. The van der Waals surface area contributed by atoms with Crippen molar-refractivity contribution < 1.29 is 4.42 Å². The van der Waals surface area contributed by atoms with Gasteiger partial charge in [-0.2, -0.15) is 0 Å². The molecular weight excluding hydrogens is 258 g/mol. The summed E-state index contributed by atoms with van der Waals surface area (Å²) < 4.78 is 5.46. The fraction of sp³-hybridized carbons (Fsp3) is 0.789. The maximum absolute atomic E-state index is 5.46. The smallest absolute Gasteiger partial charge is 0.105 e. The van der Waals surface area contributed by atoms with Crippen LogP contribution >= 0.6 is 0 Å². The van der Waals surface area contributed by atoms with Crippen molar-refractivity contribution in [2.24, 2.45) is 0 Å². The third-order valence-corrected chi connectivity index (χ3v) is 4.18. The Balaban J connectivity index is 2.00. The van der Waals surface area contributed by atoms with Crippen molar-refractivity contribution in [3.05, 3.63) is 24.2 Å². The van der Waals surface area contributed by atoms with E-state index in [1.807, 2.05) is 6.07 Å². The number of furan rings is 1. The van der Waals surface area contributed by atoms with Gasteiger partial charge in [0.1, 0.15) is 5.76 Å². The Labute approximate surface area is 131 Å². The predicted octanol–water partition coefficient (Wildman–Crippen LogP) is 5.72. The SMILES string of the molecule is CCCCCCCCCCCC(Cc1ccco1)NCC. The molecule has 0 radical (unpaired) electrons. The molecule has 0 bridgehead atoms. The van der Waals surface area contributed by atoms with E-state index in [4.69, 9.17) is 4.42 Å². The first-order chi connectivity index (χ1) is 10.4. The molecule has 1 rings (SSSR count). The molecule has 0 aliphatic rings. The zero-order valence-electron chi connectivity index (χ0n) is 14.2. The van der Waals surface area contributed by atoms with E-state index in [1.165, 1.54) is 64.2 Å². The van der Waals surface area contributed by atoms with Gasteiger partial charge < -0.3 is 9.73 Å². The van der Waals surface area contributed by atoms with Gasteiger partial charge in [-0.3, -0.25) is 0 Å². The average Bonchev–Trinajstić information content (AvgIpc) is 2.98. The molecule has 0 saturated heterocycles. The van der Waals surface area contributed by atoms with Crippen LogP contribution in [0.3, 0.4) is 0 Å². The highest BCUT2D eigenvalue weighted by molar-refractivity contribution is 5.00. The second-order valence-electron chi connectivity index (χ2n) is 6.16. The molecule has 0 fully saturated rings. The van der Waals surface area contributed by atoms with Crippen molar-refractivity contribution in [3.8, 4) is 0 Å². The first-order valence-corrected chi connectivity index (χ1v) is 9.12. The van der Waals surface area contributed by atoms with E-state index in [2.05, 4.69) is 25.2 Å². The Hall–Kier alpha value is -0.760. The fourth-order valence-corrected chi connectivity index (χ4v) is 2.94. The van der Waals surface area contributed by atoms with Crippen LogP contribution in [0, 0.1) is 0 Å². The molecule has 1 aromatic rings. The molecule has 0 saturated carbocycles. The third kappa shape index (κ3) is 9.73. The second kappa shape index (κ2) is 12.9. The topological polar surface area (TPSA) is 25.2 Å². The van der Waals surface area contributed by atoms with Gasteiger partial charge in [0.2, 0.25) is 0 Å². The van der Waals surface area contributed by atoms with E-state index >= 15 is 0 Å². The third-order valence-electron chi connectivity index (χ3n) is 4.18. The lowest BCUT2D eigenvalue weighted by atomic mass is 10.0. The Morgan fingerprint density at radius 2 is 1.62 bits per heavy atom. The highest BCUT2D eigenvalue weighted by atomic mass is 16.3. The summed E-state index contributed by atoms with van der Waals surface area (Å²) in [5, 5.41) is 3.59. The molecule has 21 heavy (non-hydrogen) atoms. The van der Waals surface area contributed by atoms with E-state index in [9.17, 15) is 0 Å². The number of nitrogens with one attached hydrogen (secondary N) is 1. The van der Waals surface area contributed by atoms with Gasteiger partial charge in [-0.15, -0.1) is 0 Å². The van der Waals surface area contributed by atoms with Gasteiger partial charge in [0, 0.05) is 12.5 Å². The molecule has 1 N–H and O–H groups in total. The largest absolute Gasteiger partial charge is 0.469 e. The van der Waals surface area contributed by atoms with E-state index in [0.29, 0.717) is 6.04 Å². The number of rotatable bonds is 14. The molecule has 0 aliphatic carbocycles. The summed E-state index contributed by atoms with van der Waals surface area (Å²) in [5.74, 6) is 1.11. The molecule has 1 heterocycles. The van der Waals surface area contributed by atoms with Crippen molar-refractivity contribution in [1.29, 1.82) is 0 Å². The monoisotopic (exact) mass is 293 g/mol. The summed E-state index contributed by atoms with van der Waals surface area (Å²) >= 11 is 0. The number of likely N-dealkylation sites (N-methyl/N-ethyl adjacent to an activating group) is 1. The van der Waals surface area contributed by atoms with Crippen LogP contribution in [0.15, 0.2) is 22.8 Å². The van der Waals surface area contributed by atoms with Crippen LogP contribution in [0.25, 0.3) is 0 Å². The Morgan fingerprint density at radius 1 is 0.952 bits per heavy atom. The quantitative estimate of drug-likeness (QED) is 0.444. The minimum absolute atomic E-state index is 0.575. The van der Waals surface area contributed by atoms with Gasteiger partial charge >= 0.3 is 0 Å². The standard InChI is InChI=1S/C19H35NO/c1-3-5-6-7-8-9-10-11-12-14-18(20-4-2)17-19-15-13-16-21-19/h13,15-16,18,20H,3-12,14,17H2,1-2H3. The zero-order valence-corrected chi connectivity index (χ0v) is 14.2. The van der Waals surface area contributed by atoms with E-state index in [1.54, 1.807) is 6.26 Å². The molecule has 1 aromatic heterocycles. The van der Waals surface area contributed by atoms with Crippen LogP contribution in [-0.4, -0.2) is 12.6 Å². The van der Waals surface area contributed by atoms with Crippen molar-refractivity contribution >= 4 is 0 Å². The molecule has 2 nitrogen and oxygen atoms in total. The predicted molar refractivity (Wildman–Crippen MR) is 91.7 cm³/mol. The molecular formula is C19H35NO. The van der Waals surface area contributed by atoms with E-state index in [-0.39, 0.29) is 0 Å². The summed E-state index contributed by atoms with van der Waals surface area (Å²) in [5.41, 5.74) is 0. The highest BCUT2D eigenvalue weighted by Gasteiger charge is 2.09. The summed E-state index contributed by atoms with van der Waals surface area (Å²) in [4.78, 5) is 0. The molecule has 0 aromatic carbocycles. The molecule has 0 aliphatic heterocycles. The molecule has 2 heteroatoms. The van der Waals surface area contributed by atoms with Crippen molar-refractivity contribution in [1.82, 2.24) is 5.32 Å². The number of hydrogen-bond donors (Lipinski definition) is 1. The van der Waals surface area contributed by atoms with Gasteiger partial charge in [-0.25, -0.2) is 0 Å². The summed E-state index contributed by atoms with van der Waals surface area (Å²) in [6.45, 7) is 5.51. The van der Waals surface area contributed by atoms with Crippen molar-refractivity contribution in [3.63, 3.8) is 0 Å². The van der Waals surface area contributed by atoms with Gasteiger partial charge in [0.25, 0.3) is 0 Å². The lowest BCUT2D eigenvalue weighted by Gasteiger charge is -2.16. The average molecular weight is 293 g/mol. The van der Waals surface area contributed by atoms with Gasteiger partial charge in [-0.05, 0) is 25.1 Å². The van der Waals surface area contributed by atoms with E-state index < -0.39 is 0 Å². The van der Waals surface area contributed by atoms with Crippen LogP contribution in [0.2, 0.25) is 0 Å². The Kier molecular flexibility index (Phi) is 11.3. The minimum atomic E-state index is 0.575. The fourth-order valence-electron chi connectivity index (χ4n) is 2.94. The number of unbranched alkanes of at least 4 members (excludes halogenated alkanes) is 8. The molecule has 0 amide bonds. The maximum Gasteiger partial charge on any atom is 0.105 e. The first-order valence-electron chi connectivity index (χ1n) is 9.12. The Bertz CT molecular complexity index is 307. The van der Waals surface area contributed by atoms with Crippen LogP contribution in [0.4, 0.5) is 0 Å². The zero-order chi connectivity index (χ0) is 15.2. The normalized spacial score (nSPS) is 12.7. The van der Waals surface area contributed by atoms with Crippen LogP contribution in [0.5, 0.6) is 0 Å². The highest BCUT2D eigenvalue weighted by Crippen LogP contribution is 2.13. The summed E-state index contributed by atoms with van der Waals surface area (Å²) in [6.07, 6.45) is 16.7. The lowest BCUT2D eigenvalue weighted by molar-refractivity contribution is 0.415. The van der Waals surface area contributed by atoms with Crippen LogP contribution < -0.4 is 5.32 Å². The number of hydrogen-bond acceptors (Lipinski definition) is 2. The van der Waals surface area contributed by atoms with Crippen LogP contribution in [-0.2, 0) is 6.42 Å². The van der Waals surface area contributed by atoms with Gasteiger partial charge in [0.05, 0.1) is 6.26 Å². The lowest BCUT2D eigenvalue weighted by Crippen LogP contribution is -2.30. The Morgan fingerprint density at radius 3 is 2.19 bits per heavy atom. The molecule has 122 valence electrons. The maximum atomic E-state index is 5.46. The van der Waals surface area contributed by atoms with Crippen LogP contribution in [0.1, 0.15) is 83.8 Å². The molecule has 0 spiro atoms. The van der Waals surface area contributed by atoms with Gasteiger partial charge in [0.15, 0.2) is 0 Å². The van der Waals surface area contributed by atoms with E-state index in [0.717, 1.165) is 18.7 Å². The molecule has 1 unspecified atom stereocenters. The van der Waals surface area contributed by atoms with Gasteiger partial charge in [-0.1, -0.05) is 71.6 Å². The van der Waals surface area contributed by atoms with Crippen molar-refractivity contribution in [2.75, 3.05) is 6.54 Å². The summed E-state index contributed by atoms with van der Waals surface area (Å²) in [6, 6.07) is 4.64.